The maximum Gasteiger partial charge on any atom is 0.0548 e. The van der Waals surface area contributed by atoms with Gasteiger partial charge in [0.15, 0.2) is 0 Å². The van der Waals surface area contributed by atoms with E-state index in [-0.39, 0.29) is 0 Å². The Morgan fingerprint density at radius 2 is 1.47 bits per heavy atom. The van der Waals surface area contributed by atoms with Crippen molar-refractivity contribution in [1.82, 2.24) is 0 Å². The molecule has 0 aliphatic heterocycles. The molecule has 0 saturated carbocycles. The van der Waals surface area contributed by atoms with E-state index in [0.717, 1.165) is 12.7 Å². The molecule has 0 aliphatic rings. The fourth-order valence-electron chi connectivity index (χ4n) is 1.39. The third-order valence-corrected chi connectivity index (χ3v) is 2.25. The standard InChI is InChI=1S/C8H9B9/c9-11-13-15-17-16-14-12-10-7-6-8-4-2-1-3-5-8/h1-5H,6-7H2. The summed E-state index contributed by atoms with van der Waals surface area (Å²) in [6.45, 7) is 0. The molecule has 0 bridgehead atoms. The van der Waals surface area contributed by atoms with Gasteiger partial charge in [-0.15, -0.1) is 0 Å². The summed E-state index contributed by atoms with van der Waals surface area (Å²) in [5, 5.41) is 0. The van der Waals surface area contributed by atoms with Crippen LogP contribution in [0, 0.1) is 0 Å². The van der Waals surface area contributed by atoms with Gasteiger partial charge in [-0.1, -0.05) is 36.7 Å². The van der Waals surface area contributed by atoms with Gasteiger partial charge in [-0.3, -0.25) is 0 Å². The first-order chi connectivity index (χ1) is 8.43. The van der Waals surface area contributed by atoms with Crippen LogP contribution in [0.5, 0.6) is 0 Å². The second-order valence-electron chi connectivity index (χ2n) is 3.61. The van der Waals surface area contributed by atoms with Crippen LogP contribution >= 0.6 is 0 Å². The van der Waals surface area contributed by atoms with Crippen LogP contribution in [-0.4, -0.2) is 64.3 Å². The lowest BCUT2D eigenvalue weighted by Crippen LogP contribution is -2.30. The molecule has 0 saturated heterocycles. The molecule has 17 heavy (non-hydrogen) atoms. The first-order valence-electron chi connectivity index (χ1n) is 5.84. The minimum Gasteiger partial charge on any atom is -0.0855 e. The fraction of sp³-hybridized carbons (Fsp3) is 0.250. The zero-order chi connectivity index (χ0) is 12.2. The molecule has 0 spiro atoms. The molecule has 0 fully saturated rings. The smallest absolute Gasteiger partial charge is 0.0548 e. The number of hydrogen-bond acceptors (Lipinski definition) is 0. The van der Waals surface area contributed by atoms with Gasteiger partial charge in [0.05, 0.1) is 7.17 Å². The summed E-state index contributed by atoms with van der Waals surface area (Å²) in [5.74, 6) is 0. The largest absolute Gasteiger partial charge is 0.0855 e. The predicted molar refractivity (Wildman–Crippen MR) is 86.7 cm³/mol. The molecule has 0 atom stereocenters. The van der Waals surface area contributed by atoms with E-state index in [2.05, 4.69) is 38.5 Å². The fourth-order valence-corrected chi connectivity index (χ4v) is 1.39. The second kappa shape index (κ2) is 10.9. The van der Waals surface area contributed by atoms with Gasteiger partial charge in [0.25, 0.3) is 0 Å². The molecule has 0 amide bonds. The lowest BCUT2D eigenvalue weighted by Gasteiger charge is -1.99. The van der Waals surface area contributed by atoms with E-state index < -0.39 is 0 Å². The molecule has 0 aromatic heterocycles. The molecule has 1 aromatic rings. The van der Waals surface area contributed by atoms with Crippen LogP contribution in [0.3, 0.4) is 0 Å². The lowest BCUT2D eigenvalue weighted by molar-refractivity contribution is 1.13. The van der Waals surface area contributed by atoms with Crippen LogP contribution in [0.4, 0.5) is 0 Å². The third kappa shape index (κ3) is 8.52. The zero-order valence-corrected chi connectivity index (χ0v) is 10.00. The zero-order valence-electron chi connectivity index (χ0n) is 10.00. The Kier molecular flexibility index (Phi) is 9.55. The summed E-state index contributed by atoms with van der Waals surface area (Å²) in [6.07, 6.45) is 2.16. The molecular formula is C8H9B9. The van der Waals surface area contributed by atoms with Crippen molar-refractivity contribution in [3.63, 3.8) is 0 Å². The first-order valence-corrected chi connectivity index (χ1v) is 5.84. The van der Waals surface area contributed by atoms with E-state index >= 15 is 0 Å². The highest BCUT2D eigenvalue weighted by Gasteiger charge is 1.97. The van der Waals surface area contributed by atoms with Crippen molar-refractivity contribution in [2.75, 3.05) is 0 Å². The van der Waals surface area contributed by atoms with Crippen molar-refractivity contribution in [3.8, 4) is 0 Å². The monoisotopic (exact) mass is 204 g/mol. The molecular weight excluding hydrogens is 193 g/mol. The highest BCUT2D eigenvalue weighted by Crippen LogP contribution is 2.01. The Bertz CT molecular complexity index is 267. The number of rotatable bonds is 10. The van der Waals surface area contributed by atoms with Gasteiger partial charge in [0, 0.05) is 57.2 Å². The number of aryl methyl sites for hydroxylation is 1. The SMILES string of the molecule is [B][B][B][B][B][B][B][B][B]CCc1ccccc1. The lowest BCUT2D eigenvalue weighted by atomic mass is 8.90. The van der Waals surface area contributed by atoms with Crippen LogP contribution < -0.4 is 0 Å². The Hall–Kier alpha value is -0.196. The average Bonchev–Trinajstić information content (AvgIpc) is 2.38. The molecule has 0 heterocycles. The van der Waals surface area contributed by atoms with Gasteiger partial charge in [-0.25, -0.2) is 0 Å². The number of benzene rings is 1. The van der Waals surface area contributed by atoms with Gasteiger partial charge in [-0.05, 0) is 12.0 Å². The van der Waals surface area contributed by atoms with Crippen molar-refractivity contribution >= 4 is 64.3 Å². The quantitative estimate of drug-likeness (QED) is 0.329. The Morgan fingerprint density at radius 3 is 2.18 bits per heavy atom. The van der Waals surface area contributed by atoms with Crippen LogP contribution in [-0.2, 0) is 6.42 Å². The van der Waals surface area contributed by atoms with Crippen molar-refractivity contribution in [2.45, 2.75) is 12.7 Å². The summed E-state index contributed by atoms with van der Waals surface area (Å²) in [7, 11) is 20.6. The average molecular weight is 202 g/mol. The first kappa shape index (κ1) is 14.9. The van der Waals surface area contributed by atoms with E-state index in [4.69, 9.17) is 7.74 Å². The minimum absolute atomic E-state index is 1.07. The maximum absolute atomic E-state index is 5.19. The van der Waals surface area contributed by atoms with Gasteiger partial charge < -0.3 is 0 Å². The highest BCUT2D eigenvalue weighted by molar-refractivity contribution is 7.67. The van der Waals surface area contributed by atoms with Crippen molar-refractivity contribution in [3.05, 3.63) is 35.9 Å². The Morgan fingerprint density at radius 1 is 0.824 bits per heavy atom. The molecule has 0 nitrogen and oxygen atoms in total. The molecule has 0 unspecified atom stereocenters. The molecule has 0 aliphatic carbocycles. The summed E-state index contributed by atoms with van der Waals surface area (Å²) in [5.41, 5.74) is 1.38. The molecule has 0 N–H and O–H groups in total. The topological polar surface area (TPSA) is 0 Å². The highest BCUT2D eigenvalue weighted by atomic mass is 13.9. The summed E-state index contributed by atoms with van der Waals surface area (Å²) in [4.78, 5) is 0. The van der Waals surface area contributed by atoms with Gasteiger partial charge in [0.1, 0.15) is 0 Å². The molecule has 10 radical (unpaired) electrons. The summed E-state index contributed by atoms with van der Waals surface area (Å²) in [6, 6.07) is 10.5. The number of hydrogen-bond donors (Lipinski definition) is 0. The molecule has 1 rings (SSSR count). The summed E-state index contributed by atoms with van der Waals surface area (Å²) >= 11 is 0. The Balaban J connectivity index is 1.85. The second-order valence-corrected chi connectivity index (χ2v) is 3.61. The summed E-state index contributed by atoms with van der Waals surface area (Å²) < 4.78 is 0. The van der Waals surface area contributed by atoms with Crippen molar-refractivity contribution < 1.29 is 0 Å². The van der Waals surface area contributed by atoms with Crippen LogP contribution in [0.15, 0.2) is 30.3 Å². The van der Waals surface area contributed by atoms with Crippen molar-refractivity contribution in [1.29, 1.82) is 0 Å². The van der Waals surface area contributed by atoms with E-state index in [1.54, 1.807) is 7.06 Å². The van der Waals surface area contributed by atoms with E-state index in [1.807, 2.05) is 34.3 Å². The normalized spacial score (nSPS) is 8.71. The van der Waals surface area contributed by atoms with Crippen LogP contribution in [0.2, 0.25) is 6.32 Å². The Labute approximate surface area is 113 Å². The molecule has 1 aromatic carbocycles. The molecule has 68 valence electrons. The van der Waals surface area contributed by atoms with Crippen LogP contribution in [0.25, 0.3) is 0 Å². The third-order valence-electron chi connectivity index (χ3n) is 2.25. The van der Waals surface area contributed by atoms with E-state index in [9.17, 15) is 0 Å². The van der Waals surface area contributed by atoms with Gasteiger partial charge >= 0.3 is 0 Å². The van der Waals surface area contributed by atoms with Gasteiger partial charge in [-0.2, -0.15) is 0 Å². The maximum atomic E-state index is 5.19. The predicted octanol–water partition coefficient (Wildman–Crippen LogP) is -1.23. The van der Waals surface area contributed by atoms with E-state index in [1.165, 1.54) is 12.6 Å². The molecule has 9 heteroatoms. The van der Waals surface area contributed by atoms with Crippen molar-refractivity contribution in [2.24, 2.45) is 0 Å². The minimum atomic E-state index is 1.07. The van der Waals surface area contributed by atoms with Gasteiger partial charge in [0.2, 0.25) is 0 Å². The van der Waals surface area contributed by atoms with E-state index in [0.29, 0.717) is 0 Å². The van der Waals surface area contributed by atoms with Crippen LogP contribution in [0.1, 0.15) is 5.56 Å².